The molecule has 0 atom stereocenters. The Bertz CT molecular complexity index is 778. The van der Waals surface area contributed by atoms with E-state index in [-0.39, 0.29) is 11.7 Å². The van der Waals surface area contributed by atoms with Crippen LogP contribution in [-0.2, 0) is 4.79 Å². The molecule has 0 fully saturated rings. The van der Waals surface area contributed by atoms with E-state index in [1.54, 1.807) is 19.2 Å². The number of hydrogen-bond acceptors (Lipinski definition) is 4. The molecule has 2 aromatic rings. The average molecular weight is 334 g/mol. The highest BCUT2D eigenvalue weighted by molar-refractivity contribution is 5.95. The highest BCUT2D eigenvalue weighted by Gasteiger charge is 2.18. The van der Waals surface area contributed by atoms with Gasteiger partial charge in [-0.3, -0.25) is 14.6 Å². The lowest BCUT2D eigenvalue weighted by molar-refractivity contribution is -0.116. The van der Waals surface area contributed by atoms with E-state index in [0.717, 1.165) is 0 Å². The van der Waals surface area contributed by atoms with Gasteiger partial charge in [-0.05, 0) is 29.8 Å². The summed E-state index contributed by atoms with van der Waals surface area (Å²) in [6, 6.07) is 5.90. The number of nitrogens with zero attached hydrogens (tertiary/aromatic N) is 2. The van der Waals surface area contributed by atoms with Gasteiger partial charge in [-0.25, -0.2) is 8.78 Å². The Labute approximate surface area is 137 Å². The molecule has 1 aromatic carbocycles. The maximum atomic E-state index is 13.0. The number of aromatic nitrogens is 1. The molecule has 0 aliphatic heterocycles. The van der Waals surface area contributed by atoms with Crippen LogP contribution >= 0.6 is 0 Å². The number of anilines is 1. The molecule has 0 aliphatic carbocycles. The fourth-order valence-electron chi connectivity index (χ4n) is 2.22. The maximum absolute atomic E-state index is 13.0. The van der Waals surface area contributed by atoms with Gasteiger partial charge < -0.3 is 9.64 Å². The molecule has 0 spiro atoms. The van der Waals surface area contributed by atoms with Crippen molar-refractivity contribution >= 4 is 17.9 Å². The smallest absolute Gasteiger partial charge is 0.280 e. The quantitative estimate of drug-likeness (QED) is 0.786. The Kier molecular flexibility index (Phi) is 5.23. The third kappa shape index (κ3) is 3.40. The topological polar surface area (TPSA) is 59.5 Å². The largest absolute Gasteiger partial charge is 0.494 e. The first-order valence-corrected chi connectivity index (χ1v) is 7.05. The number of rotatable bonds is 5. The molecular formula is C17H16F2N2O3. The minimum atomic E-state index is -2.75. The summed E-state index contributed by atoms with van der Waals surface area (Å²) in [6.45, 7) is 1.40. The molecule has 5 nitrogen and oxygen atoms in total. The van der Waals surface area contributed by atoms with Crippen molar-refractivity contribution in [3.63, 3.8) is 0 Å². The SMILES string of the molecule is COc1cnc(C(F)F)cc1-c1cc(N(C)C(C)=O)ccc1C=O. The summed E-state index contributed by atoms with van der Waals surface area (Å²) in [5, 5.41) is 0. The van der Waals surface area contributed by atoms with E-state index in [1.807, 2.05) is 0 Å². The van der Waals surface area contributed by atoms with Gasteiger partial charge >= 0.3 is 0 Å². The summed E-state index contributed by atoms with van der Waals surface area (Å²) in [5.41, 5.74) is 1.09. The van der Waals surface area contributed by atoms with Crippen molar-refractivity contribution in [2.45, 2.75) is 13.3 Å². The first kappa shape index (κ1) is 17.5. The zero-order chi connectivity index (χ0) is 17.9. The van der Waals surface area contributed by atoms with E-state index in [2.05, 4.69) is 4.98 Å². The summed E-state index contributed by atoms with van der Waals surface area (Å²) in [7, 11) is 2.96. The van der Waals surface area contributed by atoms with Crippen molar-refractivity contribution in [2.24, 2.45) is 0 Å². The van der Waals surface area contributed by atoms with Crippen molar-refractivity contribution in [3.05, 3.63) is 41.7 Å². The molecule has 0 unspecified atom stereocenters. The second-order valence-electron chi connectivity index (χ2n) is 5.08. The second kappa shape index (κ2) is 7.16. The van der Waals surface area contributed by atoms with Crippen LogP contribution in [0.2, 0.25) is 0 Å². The highest BCUT2D eigenvalue weighted by Crippen LogP contribution is 2.36. The van der Waals surface area contributed by atoms with Crippen molar-refractivity contribution in [2.75, 3.05) is 19.1 Å². The predicted octanol–water partition coefficient (Wildman–Crippen LogP) is 3.49. The van der Waals surface area contributed by atoms with Crippen LogP contribution in [-0.4, -0.2) is 31.3 Å². The van der Waals surface area contributed by atoms with E-state index in [4.69, 9.17) is 4.74 Å². The molecule has 0 N–H and O–H groups in total. The molecule has 0 saturated heterocycles. The average Bonchev–Trinajstić information content (AvgIpc) is 2.59. The number of carbonyl (C=O) groups is 2. The van der Waals surface area contributed by atoms with E-state index in [9.17, 15) is 18.4 Å². The van der Waals surface area contributed by atoms with Gasteiger partial charge in [0.05, 0.1) is 13.3 Å². The Hall–Kier alpha value is -2.83. The van der Waals surface area contributed by atoms with Crippen molar-refractivity contribution in [3.8, 4) is 16.9 Å². The molecule has 0 radical (unpaired) electrons. The lowest BCUT2D eigenvalue weighted by atomic mass is 9.98. The Balaban J connectivity index is 2.69. The van der Waals surface area contributed by atoms with Crippen LogP contribution in [0, 0.1) is 0 Å². The minimum absolute atomic E-state index is 0.199. The molecule has 1 heterocycles. The third-order valence-corrected chi connectivity index (χ3v) is 3.65. The van der Waals surface area contributed by atoms with E-state index >= 15 is 0 Å². The van der Waals surface area contributed by atoms with Crippen LogP contribution < -0.4 is 9.64 Å². The van der Waals surface area contributed by atoms with Gasteiger partial charge in [0.25, 0.3) is 6.43 Å². The molecule has 1 amide bonds. The Morgan fingerprint density at radius 3 is 2.54 bits per heavy atom. The number of ether oxygens (including phenoxy) is 1. The molecular weight excluding hydrogens is 318 g/mol. The molecule has 1 aromatic heterocycles. The molecule has 0 saturated carbocycles. The Morgan fingerprint density at radius 2 is 2.00 bits per heavy atom. The summed E-state index contributed by atoms with van der Waals surface area (Å²) >= 11 is 0. The number of pyridine rings is 1. The molecule has 126 valence electrons. The van der Waals surface area contributed by atoms with Crippen LogP contribution in [0.3, 0.4) is 0 Å². The van der Waals surface area contributed by atoms with Gasteiger partial charge in [0.1, 0.15) is 11.4 Å². The number of alkyl halides is 2. The van der Waals surface area contributed by atoms with Crippen LogP contribution in [0.25, 0.3) is 11.1 Å². The van der Waals surface area contributed by atoms with Crippen LogP contribution in [0.1, 0.15) is 29.4 Å². The van der Waals surface area contributed by atoms with E-state index < -0.39 is 12.1 Å². The summed E-state index contributed by atoms with van der Waals surface area (Å²) in [4.78, 5) is 27.9. The zero-order valence-electron chi connectivity index (χ0n) is 13.4. The maximum Gasteiger partial charge on any atom is 0.280 e. The number of carbonyl (C=O) groups excluding carboxylic acids is 2. The van der Waals surface area contributed by atoms with Crippen LogP contribution in [0.4, 0.5) is 14.5 Å². The van der Waals surface area contributed by atoms with Gasteiger partial charge in [-0.1, -0.05) is 0 Å². The standard InChI is InChI=1S/C17H16F2N2O3/c1-10(23)21(2)12-5-4-11(9-22)13(6-12)14-7-15(17(18)19)20-8-16(14)24-3/h4-9,17H,1-3H3. The van der Waals surface area contributed by atoms with Gasteiger partial charge in [0.2, 0.25) is 5.91 Å². The van der Waals surface area contributed by atoms with E-state index in [0.29, 0.717) is 28.7 Å². The Morgan fingerprint density at radius 1 is 1.29 bits per heavy atom. The second-order valence-corrected chi connectivity index (χ2v) is 5.08. The molecule has 0 aliphatic rings. The summed E-state index contributed by atoms with van der Waals surface area (Å²) in [6.07, 6.45) is -0.945. The number of aldehydes is 1. The first-order valence-electron chi connectivity index (χ1n) is 7.05. The number of halogens is 2. The fourth-order valence-corrected chi connectivity index (χ4v) is 2.22. The number of amides is 1. The summed E-state index contributed by atoms with van der Waals surface area (Å²) in [5.74, 6) is 0.0555. The highest BCUT2D eigenvalue weighted by atomic mass is 19.3. The van der Waals surface area contributed by atoms with Crippen molar-refractivity contribution in [1.29, 1.82) is 0 Å². The molecule has 2 rings (SSSR count). The molecule has 7 heteroatoms. The first-order chi connectivity index (χ1) is 11.4. The number of benzene rings is 1. The number of methoxy groups -OCH3 is 1. The van der Waals surface area contributed by atoms with Gasteiger partial charge in [-0.15, -0.1) is 0 Å². The van der Waals surface area contributed by atoms with E-state index in [1.165, 1.54) is 37.3 Å². The van der Waals surface area contributed by atoms with Crippen LogP contribution in [0.15, 0.2) is 30.5 Å². The van der Waals surface area contributed by atoms with Gasteiger partial charge in [0, 0.05) is 30.8 Å². The van der Waals surface area contributed by atoms with Crippen molar-refractivity contribution in [1.82, 2.24) is 4.98 Å². The van der Waals surface area contributed by atoms with Gasteiger partial charge in [-0.2, -0.15) is 0 Å². The predicted molar refractivity (Wildman–Crippen MR) is 85.7 cm³/mol. The summed E-state index contributed by atoms with van der Waals surface area (Å²) < 4.78 is 31.1. The lowest BCUT2D eigenvalue weighted by Gasteiger charge is -2.18. The molecule has 0 bridgehead atoms. The molecule has 24 heavy (non-hydrogen) atoms. The normalized spacial score (nSPS) is 10.6. The number of hydrogen-bond donors (Lipinski definition) is 0. The third-order valence-electron chi connectivity index (χ3n) is 3.65. The lowest BCUT2D eigenvalue weighted by Crippen LogP contribution is -2.22. The van der Waals surface area contributed by atoms with Gasteiger partial charge in [0.15, 0.2) is 6.29 Å². The zero-order valence-corrected chi connectivity index (χ0v) is 13.4. The van der Waals surface area contributed by atoms with Crippen molar-refractivity contribution < 1.29 is 23.1 Å². The fraction of sp³-hybridized carbons (Fsp3) is 0.235. The monoisotopic (exact) mass is 334 g/mol. The minimum Gasteiger partial charge on any atom is -0.494 e. The van der Waals surface area contributed by atoms with Crippen LogP contribution in [0.5, 0.6) is 5.75 Å².